The van der Waals surface area contributed by atoms with E-state index in [4.69, 9.17) is 0 Å². The van der Waals surface area contributed by atoms with Gasteiger partial charge in [0, 0.05) is 0 Å². The molecule has 0 spiro atoms. The number of hydrogen-bond donors (Lipinski definition) is 2. The monoisotopic (exact) mass is 232 g/mol. The first-order chi connectivity index (χ1) is 7.91. The van der Waals surface area contributed by atoms with E-state index < -0.39 is 11.4 Å². The molecule has 1 aliphatic carbocycles. The Bertz CT molecular complexity index is 498. The average molecular weight is 232 g/mol. The van der Waals surface area contributed by atoms with Crippen molar-refractivity contribution in [3.8, 4) is 5.75 Å². The summed E-state index contributed by atoms with van der Waals surface area (Å²) in [7, 11) is 0. The molecule has 90 valence electrons. The third kappa shape index (κ3) is 2.05. The van der Waals surface area contributed by atoms with Crippen LogP contribution in [0.1, 0.15) is 31.4 Å². The molecule has 0 saturated carbocycles. The minimum absolute atomic E-state index is 0.217. The molecule has 0 aromatic heterocycles. The van der Waals surface area contributed by atoms with Crippen LogP contribution in [0.2, 0.25) is 0 Å². The summed E-state index contributed by atoms with van der Waals surface area (Å²) < 4.78 is 0. The summed E-state index contributed by atoms with van der Waals surface area (Å²) in [6.45, 7) is 3.43. The first-order valence-corrected chi connectivity index (χ1v) is 5.67. The predicted molar refractivity (Wildman–Crippen MR) is 65.8 cm³/mol. The number of benzene rings is 1. The Morgan fingerprint density at radius 1 is 1.29 bits per heavy atom. The van der Waals surface area contributed by atoms with Crippen molar-refractivity contribution in [3.05, 3.63) is 34.9 Å². The van der Waals surface area contributed by atoms with Crippen LogP contribution in [0, 0.1) is 5.41 Å². The Kier molecular flexibility index (Phi) is 2.69. The lowest BCUT2D eigenvalue weighted by molar-refractivity contribution is -0.144. The number of carboxylic acid groups (broad SMARTS) is 1. The van der Waals surface area contributed by atoms with E-state index >= 15 is 0 Å². The van der Waals surface area contributed by atoms with Crippen LogP contribution in [0.25, 0.3) is 6.08 Å². The standard InChI is InChI=1S/C14H16O3/c1-14(2,13(16)17)11-5-3-9-4-6-12(15)8-10(9)7-11/h4,6-8,15H,3,5H2,1-2H3,(H,16,17). The fourth-order valence-electron chi connectivity index (χ4n) is 2.10. The molecule has 0 atom stereocenters. The molecule has 1 aliphatic rings. The summed E-state index contributed by atoms with van der Waals surface area (Å²) >= 11 is 0. The highest BCUT2D eigenvalue weighted by Gasteiger charge is 2.32. The van der Waals surface area contributed by atoms with Crippen molar-refractivity contribution in [1.82, 2.24) is 0 Å². The summed E-state index contributed by atoms with van der Waals surface area (Å²) in [6, 6.07) is 5.25. The van der Waals surface area contributed by atoms with Crippen LogP contribution in [0.3, 0.4) is 0 Å². The predicted octanol–water partition coefficient (Wildman–Crippen LogP) is 2.83. The summed E-state index contributed by atoms with van der Waals surface area (Å²) in [5, 5.41) is 18.6. The molecule has 0 unspecified atom stereocenters. The van der Waals surface area contributed by atoms with Gasteiger partial charge in [0.2, 0.25) is 0 Å². The molecular formula is C14H16O3. The number of carboxylic acids is 1. The number of aliphatic carboxylic acids is 1. The molecule has 2 rings (SSSR count). The lowest BCUT2D eigenvalue weighted by atomic mass is 9.77. The zero-order valence-corrected chi connectivity index (χ0v) is 10.0. The maximum atomic E-state index is 11.2. The first-order valence-electron chi connectivity index (χ1n) is 5.67. The lowest BCUT2D eigenvalue weighted by Crippen LogP contribution is -2.27. The van der Waals surface area contributed by atoms with E-state index in [0.717, 1.165) is 29.5 Å². The van der Waals surface area contributed by atoms with Gasteiger partial charge in [0.1, 0.15) is 5.75 Å². The van der Waals surface area contributed by atoms with E-state index in [0.29, 0.717) is 0 Å². The van der Waals surface area contributed by atoms with Gasteiger partial charge in [-0.2, -0.15) is 0 Å². The number of hydrogen-bond acceptors (Lipinski definition) is 2. The normalized spacial score (nSPS) is 15.1. The van der Waals surface area contributed by atoms with Crippen LogP contribution in [0.15, 0.2) is 23.8 Å². The van der Waals surface area contributed by atoms with Crippen LogP contribution in [0.4, 0.5) is 0 Å². The fourth-order valence-corrected chi connectivity index (χ4v) is 2.10. The fraction of sp³-hybridized carbons (Fsp3) is 0.357. The summed E-state index contributed by atoms with van der Waals surface area (Å²) in [4.78, 5) is 11.2. The molecule has 0 radical (unpaired) electrons. The Morgan fingerprint density at radius 3 is 2.65 bits per heavy atom. The zero-order valence-electron chi connectivity index (χ0n) is 10.0. The number of phenolic OH excluding ortho intramolecular Hbond substituents is 1. The molecule has 0 aliphatic heterocycles. The Morgan fingerprint density at radius 2 is 2.00 bits per heavy atom. The van der Waals surface area contributed by atoms with E-state index in [1.54, 1.807) is 26.0 Å². The summed E-state index contributed by atoms with van der Waals surface area (Å²) in [5.74, 6) is -0.596. The number of phenols is 1. The Labute approximate surface area is 100 Å². The molecule has 0 heterocycles. The van der Waals surface area contributed by atoms with Crippen molar-refractivity contribution in [1.29, 1.82) is 0 Å². The molecule has 3 heteroatoms. The summed E-state index contributed by atoms with van der Waals surface area (Å²) in [6.07, 6.45) is 3.49. The molecule has 0 saturated heterocycles. The number of aromatic hydroxyl groups is 1. The van der Waals surface area contributed by atoms with E-state index in [-0.39, 0.29) is 5.75 Å². The van der Waals surface area contributed by atoms with Gasteiger partial charge < -0.3 is 10.2 Å². The van der Waals surface area contributed by atoms with Crippen LogP contribution in [-0.4, -0.2) is 16.2 Å². The van der Waals surface area contributed by atoms with Crippen molar-refractivity contribution in [2.45, 2.75) is 26.7 Å². The largest absolute Gasteiger partial charge is 0.508 e. The molecule has 0 fully saturated rings. The van der Waals surface area contributed by atoms with Crippen LogP contribution in [-0.2, 0) is 11.2 Å². The van der Waals surface area contributed by atoms with Crippen molar-refractivity contribution < 1.29 is 15.0 Å². The number of aryl methyl sites for hydroxylation is 1. The maximum absolute atomic E-state index is 11.2. The summed E-state index contributed by atoms with van der Waals surface area (Å²) in [5.41, 5.74) is 2.15. The minimum Gasteiger partial charge on any atom is -0.508 e. The first kappa shape index (κ1) is 11.7. The van der Waals surface area contributed by atoms with Gasteiger partial charge >= 0.3 is 5.97 Å². The smallest absolute Gasteiger partial charge is 0.313 e. The maximum Gasteiger partial charge on any atom is 0.313 e. The molecule has 0 amide bonds. The quantitative estimate of drug-likeness (QED) is 0.824. The topological polar surface area (TPSA) is 57.5 Å². The third-order valence-corrected chi connectivity index (χ3v) is 3.46. The van der Waals surface area contributed by atoms with Gasteiger partial charge in [0.25, 0.3) is 0 Å². The number of fused-ring (bicyclic) bond motifs is 1. The highest BCUT2D eigenvalue weighted by atomic mass is 16.4. The van der Waals surface area contributed by atoms with E-state index in [1.807, 2.05) is 12.1 Å². The zero-order chi connectivity index (χ0) is 12.6. The highest BCUT2D eigenvalue weighted by Crippen LogP contribution is 2.36. The molecule has 3 nitrogen and oxygen atoms in total. The van der Waals surface area contributed by atoms with E-state index in [1.165, 1.54) is 0 Å². The van der Waals surface area contributed by atoms with Gasteiger partial charge in [-0.25, -0.2) is 0 Å². The average Bonchev–Trinajstić information content (AvgIpc) is 2.27. The van der Waals surface area contributed by atoms with Gasteiger partial charge in [0.05, 0.1) is 5.41 Å². The molecule has 2 N–H and O–H groups in total. The van der Waals surface area contributed by atoms with Gasteiger partial charge in [0.15, 0.2) is 0 Å². The van der Waals surface area contributed by atoms with Crippen LogP contribution < -0.4 is 0 Å². The highest BCUT2D eigenvalue weighted by molar-refractivity contribution is 5.80. The number of carbonyl (C=O) groups is 1. The molecule has 1 aromatic rings. The molecule has 17 heavy (non-hydrogen) atoms. The van der Waals surface area contributed by atoms with E-state index in [2.05, 4.69) is 0 Å². The molecule has 1 aromatic carbocycles. The third-order valence-electron chi connectivity index (χ3n) is 3.46. The van der Waals surface area contributed by atoms with Crippen LogP contribution in [0.5, 0.6) is 5.75 Å². The van der Waals surface area contributed by atoms with Crippen molar-refractivity contribution >= 4 is 12.0 Å². The van der Waals surface area contributed by atoms with Crippen molar-refractivity contribution in [3.63, 3.8) is 0 Å². The van der Waals surface area contributed by atoms with Crippen molar-refractivity contribution in [2.24, 2.45) is 5.41 Å². The second-order valence-electron chi connectivity index (χ2n) is 4.98. The van der Waals surface area contributed by atoms with Crippen molar-refractivity contribution in [2.75, 3.05) is 0 Å². The number of rotatable bonds is 2. The lowest BCUT2D eigenvalue weighted by Gasteiger charge is -2.27. The van der Waals surface area contributed by atoms with Gasteiger partial charge in [-0.3, -0.25) is 4.79 Å². The van der Waals surface area contributed by atoms with Gasteiger partial charge in [-0.15, -0.1) is 0 Å². The molecular weight excluding hydrogens is 216 g/mol. The Balaban J connectivity index is 2.45. The minimum atomic E-state index is -0.844. The Hall–Kier alpha value is -1.77. The molecule has 0 bridgehead atoms. The van der Waals surface area contributed by atoms with Gasteiger partial charge in [-0.1, -0.05) is 17.7 Å². The second kappa shape index (κ2) is 3.91. The second-order valence-corrected chi connectivity index (χ2v) is 4.98. The van der Waals surface area contributed by atoms with E-state index in [9.17, 15) is 15.0 Å². The van der Waals surface area contributed by atoms with Gasteiger partial charge in [-0.05, 0) is 49.9 Å². The van der Waals surface area contributed by atoms with Crippen LogP contribution >= 0.6 is 0 Å². The SMILES string of the molecule is CC(C)(C(=O)O)C1=Cc2cc(O)ccc2CC1.